The number of hydrogen-bond donors (Lipinski definition) is 1. The predicted octanol–water partition coefficient (Wildman–Crippen LogP) is 5.85. The molecule has 0 heterocycles. The van der Waals surface area contributed by atoms with Gasteiger partial charge in [-0.1, -0.05) is 72.8 Å². The summed E-state index contributed by atoms with van der Waals surface area (Å²) in [5, 5.41) is 3.52. The first-order chi connectivity index (χ1) is 19.6. The third-order valence-electron chi connectivity index (χ3n) is 7.37. The van der Waals surface area contributed by atoms with Gasteiger partial charge in [0.25, 0.3) is 10.0 Å². The molecule has 1 saturated carbocycles. The third-order valence-corrected chi connectivity index (χ3v) is 9.38. The Balaban J connectivity index is 1.68. The summed E-state index contributed by atoms with van der Waals surface area (Å²) in [6.45, 7) is 2.73. The van der Waals surface area contributed by atoms with Crippen molar-refractivity contribution < 1.29 is 22.4 Å². The standard InChI is InChI=1S/C31H35ClFN3O4S/c1-22-15-17-27(18-16-22)41(39,40)36(29-14-7-6-13-28(29)33)21-30(37)35(20-24-9-8-10-25(32)19-24)23(2)31(38)34-26-11-4-3-5-12-26/h6-10,13-19,23,26H,3-5,11-12,20-21H2,1-2H3,(H,34,38). The van der Waals surface area contributed by atoms with Gasteiger partial charge in [-0.2, -0.15) is 0 Å². The van der Waals surface area contributed by atoms with Crippen molar-refractivity contribution in [2.75, 3.05) is 10.8 Å². The first-order valence-electron chi connectivity index (χ1n) is 13.7. The van der Waals surface area contributed by atoms with E-state index >= 15 is 4.39 Å². The molecule has 1 atom stereocenters. The van der Waals surface area contributed by atoms with Crippen LogP contribution in [0.2, 0.25) is 5.02 Å². The Labute approximate surface area is 246 Å². The highest BCUT2D eigenvalue weighted by atomic mass is 35.5. The Morgan fingerprint density at radius 2 is 1.68 bits per heavy atom. The van der Waals surface area contributed by atoms with Gasteiger partial charge in [-0.3, -0.25) is 13.9 Å². The van der Waals surface area contributed by atoms with E-state index in [1.807, 2.05) is 6.92 Å². The fourth-order valence-corrected chi connectivity index (χ4v) is 6.62. The van der Waals surface area contributed by atoms with Crippen LogP contribution in [0.4, 0.5) is 10.1 Å². The first kappa shape index (κ1) is 30.5. The molecule has 218 valence electrons. The minimum atomic E-state index is -4.35. The summed E-state index contributed by atoms with van der Waals surface area (Å²) in [4.78, 5) is 28.6. The Bertz CT molecular complexity index is 1480. The second-order valence-corrected chi connectivity index (χ2v) is 12.7. The molecule has 4 rings (SSSR count). The van der Waals surface area contributed by atoms with Gasteiger partial charge in [0.05, 0.1) is 10.6 Å². The van der Waals surface area contributed by atoms with Gasteiger partial charge in [0, 0.05) is 17.6 Å². The van der Waals surface area contributed by atoms with E-state index in [0.29, 0.717) is 10.6 Å². The smallest absolute Gasteiger partial charge is 0.264 e. The molecule has 1 aliphatic carbocycles. The second-order valence-electron chi connectivity index (χ2n) is 10.4. The van der Waals surface area contributed by atoms with E-state index in [1.54, 1.807) is 43.3 Å². The van der Waals surface area contributed by atoms with Gasteiger partial charge in [0.15, 0.2) is 0 Å². The Morgan fingerprint density at radius 1 is 1.00 bits per heavy atom. The van der Waals surface area contributed by atoms with Gasteiger partial charge in [-0.05, 0) is 68.7 Å². The zero-order valence-electron chi connectivity index (χ0n) is 23.2. The van der Waals surface area contributed by atoms with E-state index in [4.69, 9.17) is 11.6 Å². The number of anilines is 1. The molecule has 3 aromatic carbocycles. The van der Waals surface area contributed by atoms with Crippen LogP contribution in [-0.4, -0.2) is 43.8 Å². The average Bonchev–Trinajstić information content (AvgIpc) is 2.95. The fourth-order valence-electron chi connectivity index (χ4n) is 4.99. The summed E-state index contributed by atoms with van der Waals surface area (Å²) in [5.74, 6) is -1.78. The number of hydrogen-bond acceptors (Lipinski definition) is 4. The van der Waals surface area contributed by atoms with Crippen molar-refractivity contribution in [3.8, 4) is 0 Å². The highest BCUT2D eigenvalue weighted by molar-refractivity contribution is 7.92. The number of benzene rings is 3. The van der Waals surface area contributed by atoms with Crippen molar-refractivity contribution in [2.24, 2.45) is 0 Å². The van der Waals surface area contributed by atoms with Crippen LogP contribution in [0.15, 0.2) is 77.7 Å². The number of carbonyl (C=O) groups is 2. The van der Waals surface area contributed by atoms with Crippen molar-refractivity contribution in [2.45, 2.75) is 69.5 Å². The van der Waals surface area contributed by atoms with Crippen LogP contribution >= 0.6 is 11.6 Å². The van der Waals surface area contributed by atoms with Crippen LogP contribution in [0.5, 0.6) is 0 Å². The molecule has 0 saturated heterocycles. The molecule has 2 amide bonds. The fraction of sp³-hybridized carbons (Fsp3) is 0.355. The molecule has 1 unspecified atom stereocenters. The van der Waals surface area contributed by atoms with E-state index in [1.165, 1.54) is 35.2 Å². The maximum atomic E-state index is 15.0. The lowest BCUT2D eigenvalue weighted by molar-refractivity contribution is -0.139. The lowest BCUT2D eigenvalue weighted by Crippen LogP contribution is -2.53. The molecule has 41 heavy (non-hydrogen) atoms. The number of aryl methyl sites for hydroxylation is 1. The molecule has 0 radical (unpaired) electrons. The first-order valence-corrected chi connectivity index (χ1v) is 15.6. The monoisotopic (exact) mass is 599 g/mol. The summed E-state index contributed by atoms with van der Waals surface area (Å²) in [6, 6.07) is 17.5. The quantitative estimate of drug-likeness (QED) is 0.317. The number of rotatable bonds is 10. The van der Waals surface area contributed by atoms with Crippen LogP contribution in [-0.2, 0) is 26.2 Å². The van der Waals surface area contributed by atoms with Gasteiger partial charge >= 0.3 is 0 Å². The maximum absolute atomic E-state index is 15.0. The Hall–Kier alpha value is -3.43. The second kappa shape index (κ2) is 13.5. The van der Waals surface area contributed by atoms with E-state index < -0.39 is 34.3 Å². The van der Waals surface area contributed by atoms with Gasteiger partial charge in [0.1, 0.15) is 18.4 Å². The molecule has 0 spiro atoms. The summed E-state index contributed by atoms with van der Waals surface area (Å²) in [6.07, 6.45) is 4.92. The number of sulfonamides is 1. The average molecular weight is 600 g/mol. The summed E-state index contributed by atoms with van der Waals surface area (Å²) in [5.41, 5.74) is 1.26. The molecule has 10 heteroatoms. The molecule has 0 bridgehead atoms. The molecular formula is C31H35ClFN3O4S. The van der Waals surface area contributed by atoms with Gasteiger partial charge in [-0.15, -0.1) is 0 Å². The Morgan fingerprint density at radius 3 is 2.34 bits per heavy atom. The number of nitrogens with zero attached hydrogens (tertiary/aromatic N) is 2. The van der Waals surface area contributed by atoms with Crippen molar-refractivity contribution in [1.82, 2.24) is 10.2 Å². The SMILES string of the molecule is Cc1ccc(S(=O)(=O)N(CC(=O)N(Cc2cccc(Cl)c2)C(C)C(=O)NC2CCCCC2)c2ccccc2F)cc1. The van der Waals surface area contributed by atoms with Crippen LogP contribution in [0.25, 0.3) is 0 Å². The molecular weight excluding hydrogens is 565 g/mol. The lowest BCUT2D eigenvalue weighted by atomic mass is 9.95. The molecule has 0 aliphatic heterocycles. The normalized spacial score (nSPS) is 14.7. The number of carbonyl (C=O) groups excluding carboxylic acids is 2. The maximum Gasteiger partial charge on any atom is 0.264 e. The minimum absolute atomic E-state index is 0.00827. The predicted molar refractivity (Wildman–Crippen MR) is 159 cm³/mol. The summed E-state index contributed by atoms with van der Waals surface area (Å²) >= 11 is 6.19. The third kappa shape index (κ3) is 7.65. The van der Waals surface area contributed by atoms with E-state index in [-0.39, 0.29) is 29.1 Å². The number of halogens is 2. The Kier molecular flexibility index (Phi) is 10.0. The van der Waals surface area contributed by atoms with E-state index in [0.717, 1.165) is 48.0 Å². The van der Waals surface area contributed by atoms with Crippen molar-refractivity contribution in [3.63, 3.8) is 0 Å². The summed E-state index contributed by atoms with van der Waals surface area (Å²) < 4.78 is 43.4. The topological polar surface area (TPSA) is 86.8 Å². The highest BCUT2D eigenvalue weighted by Crippen LogP contribution is 2.27. The van der Waals surface area contributed by atoms with Gasteiger partial charge < -0.3 is 10.2 Å². The lowest BCUT2D eigenvalue weighted by Gasteiger charge is -2.33. The van der Waals surface area contributed by atoms with Gasteiger partial charge in [-0.25, -0.2) is 12.8 Å². The van der Waals surface area contributed by atoms with E-state index in [9.17, 15) is 18.0 Å². The zero-order valence-corrected chi connectivity index (χ0v) is 24.8. The van der Waals surface area contributed by atoms with Crippen molar-refractivity contribution in [1.29, 1.82) is 0 Å². The van der Waals surface area contributed by atoms with Crippen molar-refractivity contribution in [3.05, 3.63) is 94.8 Å². The van der Waals surface area contributed by atoms with Crippen molar-refractivity contribution >= 4 is 39.1 Å². The van der Waals surface area contributed by atoms with Crippen LogP contribution in [0.3, 0.4) is 0 Å². The number of amides is 2. The zero-order chi connectivity index (χ0) is 29.6. The van der Waals surface area contributed by atoms with E-state index in [2.05, 4.69) is 5.32 Å². The molecule has 1 aliphatic rings. The highest BCUT2D eigenvalue weighted by Gasteiger charge is 2.34. The summed E-state index contributed by atoms with van der Waals surface area (Å²) in [7, 11) is -4.35. The van der Waals surface area contributed by atoms with Crippen LogP contribution < -0.4 is 9.62 Å². The van der Waals surface area contributed by atoms with Gasteiger partial charge in [0.2, 0.25) is 11.8 Å². The number of nitrogens with one attached hydrogen (secondary N) is 1. The largest absolute Gasteiger partial charge is 0.352 e. The van der Waals surface area contributed by atoms with Crippen LogP contribution in [0, 0.1) is 12.7 Å². The molecule has 1 N–H and O–H groups in total. The molecule has 3 aromatic rings. The molecule has 0 aromatic heterocycles. The number of para-hydroxylation sites is 1. The minimum Gasteiger partial charge on any atom is -0.352 e. The molecule has 1 fully saturated rings. The molecule has 7 nitrogen and oxygen atoms in total. The van der Waals surface area contributed by atoms with Crippen LogP contribution in [0.1, 0.15) is 50.2 Å².